The normalized spacial score (nSPS) is 11.1. The predicted octanol–water partition coefficient (Wildman–Crippen LogP) is 3.00. The minimum atomic E-state index is 0.116. The summed E-state index contributed by atoms with van der Waals surface area (Å²) in [6, 6.07) is 4.04. The van der Waals surface area contributed by atoms with Crippen LogP contribution in [0.5, 0.6) is 0 Å². The number of hydrogen-bond donors (Lipinski definition) is 1. The van der Waals surface area contributed by atoms with Crippen LogP contribution in [0.25, 0.3) is 12.2 Å². The minimum Gasteiger partial charge on any atom is -0.343 e. The van der Waals surface area contributed by atoms with Crippen LogP contribution in [0.3, 0.4) is 0 Å². The summed E-state index contributed by atoms with van der Waals surface area (Å²) in [4.78, 5) is 19.2. The summed E-state index contributed by atoms with van der Waals surface area (Å²) in [5, 5.41) is 9.59. The highest BCUT2D eigenvalue weighted by Gasteiger charge is 2.11. The molecule has 2 aromatic heterocycles. The molecule has 0 radical (unpaired) electrons. The van der Waals surface area contributed by atoms with Crippen molar-refractivity contribution in [3.05, 3.63) is 28.2 Å². The van der Waals surface area contributed by atoms with Gasteiger partial charge in [0.25, 0.3) is 0 Å². The first-order valence-corrected chi connectivity index (χ1v) is 8.64. The number of nitrogens with one attached hydrogen (secondary N) is 1. The molecule has 1 amide bonds. The van der Waals surface area contributed by atoms with Crippen molar-refractivity contribution in [1.29, 1.82) is 0 Å². The van der Waals surface area contributed by atoms with Crippen molar-refractivity contribution in [3.63, 3.8) is 0 Å². The zero-order chi connectivity index (χ0) is 15.1. The first-order chi connectivity index (χ1) is 10.2. The molecule has 112 valence electrons. The molecule has 0 aliphatic carbocycles. The highest BCUT2D eigenvalue weighted by Crippen LogP contribution is 2.15. The molecular formula is C14H18N4OS2. The fraction of sp³-hybridized carbons (Fsp3) is 0.357. The van der Waals surface area contributed by atoms with E-state index in [9.17, 15) is 4.79 Å². The molecule has 0 saturated carbocycles. The van der Waals surface area contributed by atoms with Gasteiger partial charge in [0.05, 0.1) is 5.75 Å². The quantitative estimate of drug-likeness (QED) is 0.796. The zero-order valence-corrected chi connectivity index (χ0v) is 13.7. The van der Waals surface area contributed by atoms with E-state index < -0.39 is 0 Å². The van der Waals surface area contributed by atoms with Crippen molar-refractivity contribution < 1.29 is 4.79 Å². The molecule has 0 bridgehead atoms. The summed E-state index contributed by atoms with van der Waals surface area (Å²) in [5.74, 6) is 1.18. The molecule has 0 aliphatic heterocycles. The monoisotopic (exact) mass is 322 g/mol. The first-order valence-electron chi connectivity index (χ1n) is 6.77. The van der Waals surface area contributed by atoms with Crippen molar-refractivity contribution in [3.8, 4) is 0 Å². The summed E-state index contributed by atoms with van der Waals surface area (Å²) in [5.41, 5.74) is 0. The maximum atomic E-state index is 11.9. The number of thiophene rings is 1. The number of thioether (sulfide) groups is 1. The number of hydrogen-bond acceptors (Lipinski definition) is 5. The summed E-state index contributed by atoms with van der Waals surface area (Å²) >= 11 is 3.02. The third kappa shape index (κ3) is 4.71. The van der Waals surface area contributed by atoms with Gasteiger partial charge in [-0.25, -0.2) is 4.98 Å². The lowest BCUT2D eigenvalue weighted by atomic mass is 10.4. The van der Waals surface area contributed by atoms with Crippen LogP contribution in [0.4, 0.5) is 0 Å². The van der Waals surface area contributed by atoms with Crippen LogP contribution in [-0.4, -0.2) is 44.8 Å². The Morgan fingerprint density at radius 3 is 2.90 bits per heavy atom. The van der Waals surface area contributed by atoms with E-state index >= 15 is 0 Å². The minimum absolute atomic E-state index is 0.116. The number of nitrogens with zero attached hydrogens (tertiary/aromatic N) is 3. The number of amides is 1. The van der Waals surface area contributed by atoms with E-state index in [1.165, 1.54) is 11.8 Å². The second-order valence-electron chi connectivity index (χ2n) is 4.21. The number of H-pyrrole nitrogens is 1. The van der Waals surface area contributed by atoms with E-state index in [1.54, 1.807) is 16.2 Å². The third-order valence-corrected chi connectivity index (χ3v) is 4.54. The molecule has 2 heterocycles. The molecule has 0 fully saturated rings. The van der Waals surface area contributed by atoms with Gasteiger partial charge in [-0.1, -0.05) is 17.8 Å². The van der Waals surface area contributed by atoms with Gasteiger partial charge < -0.3 is 4.90 Å². The van der Waals surface area contributed by atoms with Crippen LogP contribution in [0, 0.1) is 0 Å². The van der Waals surface area contributed by atoms with E-state index in [0.717, 1.165) is 18.0 Å². The Kier molecular flexibility index (Phi) is 6.01. The van der Waals surface area contributed by atoms with Crippen LogP contribution in [-0.2, 0) is 4.79 Å². The van der Waals surface area contributed by atoms with Gasteiger partial charge in [-0.05, 0) is 37.4 Å². The van der Waals surface area contributed by atoms with Crippen molar-refractivity contribution in [1.82, 2.24) is 20.1 Å². The topological polar surface area (TPSA) is 61.9 Å². The maximum Gasteiger partial charge on any atom is 0.233 e. The van der Waals surface area contributed by atoms with Gasteiger partial charge in [0.1, 0.15) is 5.82 Å². The molecule has 0 aromatic carbocycles. The molecule has 0 aliphatic rings. The summed E-state index contributed by atoms with van der Waals surface area (Å²) in [6.45, 7) is 5.43. The van der Waals surface area contributed by atoms with Crippen LogP contribution in [0.15, 0.2) is 22.7 Å². The number of carbonyl (C=O) groups excluding carboxylic acids is 1. The van der Waals surface area contributed by atoms with E-state index in [-0.39, 0.29) is 5.91 Å². The smallest absolute Gasteiger partial charge is 0.233 e. The van der Waals surface area contributed by atoms with Gasteiger partial charge in [-0.2, -0.15) is 0 Å². The van der Waals surface area contributed by atoms with Crippen molar-refractivity contribution in [2.75, 3.05) is 18.8 Å². The van der Waals surface area contributed by atoms with Crippen molar-refractivity contribution in [2.45, 2.75) is 19.0 Å². The number of rotatable bonds is 7. The lowest BCUT2D eigenvalue weighted by molar-refractivity contribution is -0.127. The van der Waals surface area contributed by atoms with Gasteiger partial charge in [0, 0.05) is 18.0 Å². The van der Waals surface area contributed by atoms with Gasteiger partial charge >= 0.3 is 0 Å². The SMILES string of the molecule is CCN(CC)C(=O)CSc1n[nH]c(/C=C/c2cccs2)n1. The molecule has 1 N–H and O–H groups in total. The van der Waals surface area contributed by atoms with Gasteiger partial charge in [-0.15, -0.1) is 16.4 Å². The second kappa shape index (κ2) is 7.99. The van der Waals surface area contributed by atoms with Gasteiger partial charge in [0.15, 0.2) is 0 Å². The highest BCUT2D eigenvalue weighted by atomic mass is 32.2. The van der Waals surface area contributed by atoms with Crippen molar-refractivity contribution >= 4 is 41.2 Å². The molecule has 21 heavy (non-hydrogen) atoms. The zero-order valence-electron chi connectivity index (χ0n) is 12.1. The van der Waals surface area contributed by atoms with E-state index in [0.29, 0.717) is 16.7 Å². The van der Waals surface area contributed by atoms with E-state index in [2.05, 4.69) is 15.2 Å². The molecule has 0 spiro atoms. The molecule has 5 nitrogen and oxygen atoms in total. The summed E-state index contributed by atoms with van der Waals surface area (Å²) in [7, 11) is 0. The van der Waals surface area contributed by atoms with Crippen LogP contribution in [0.1, 0.15) is 24.5 Å². The van der Waals surface area contributed by atoms with Crippen LogP contribution >= 0.6 is 23.1 Å². The van der Waals surface area contributed by atoms with Gasteiger partial charge in [0.2, 0.25) is 11.1 Å². The Labute approximate surface area is 132 Å². The number of aromatic nitrogens is 3. The van der Waals surface area contributed by atoms with Gasteiger partial charge in [-0.3, -0.25) is 9.89 Å². The summed E-state index contributed by atoms with van der Waals surface area (Å²) in [6.07, 6.45) is 3.87. The third-order valence-electron chi connectivity index (χ3n) is 2.87. The first kappa shape index (κ1) is 15.8. The number of carbonyl (C=O) groups is 1. The predicted molar refractivity (Wildman–Crippen MR) is 88.3 cm³/mol. The van der Waals surface area contributed by atoms with E-state index in [4.69, 9.17) is 0 Å². The number of aromatic amines is 1. The molecule has 2 aromatic rings. The van der Waals surface area contributed by atoms with Crippen LogP contribution < -0.4 is 0 Å². The Morgan fingerprint density at radius 2 is 2.24 bits per heavy atom. The summed E-state index contributed by atoms with van der Waals surface area (Å²) < 4.78 is 0. The average Bonchev–Trinajstić information content (AvgIpc) is 3.16. The Balaban J connectivity index is 1.87. The van der Waals surface area contributed by atoms with Crippen molar-refractivity contribution in [2.24, 2.45) is 0 Å². The standard InChI is InChI=1S/C14H18N4OS2/c1-3-18(4-2)13(19)10-21-14-15-12(16-17-14)8-7-11-6-5-9-20-11/h5-9H,3-4,10H2,1-2H3,(H,15,16,17)/b8-7+. The largest absolute Gasteiger partial charge is 0.343 e. The fourth-order valence-corrected chi connectivity index (χ4v) is 3.06. The average molecular weight is 322 g/mol. The molecule has 0 atom stereocenters. The Bertz CT molecular complexity index is 588. The second-order valence-corrected chi connectivity index (χ2v) is 6.13. The Hall–Kier alpha value is -1.60. The maximum absolute atomic E-state index is 11.9. The lowest BCUT2D eigenvalue weighted by Crippen LogP contribution is -2.31. The fourth-order valence-electron chi connectivity index (χ4n) is 1.74. The molecule has 0 unspecified atom stereocenters. The molecule has 0 saturated heterocycles. The molecule has 7 heteroatoms. The lowest BCUT2D eigenvalue weighted by Gasteiger charge is -2.17. The highest BCUT2D eigenvalue weighted by molar-refractivity contribution is 7.99. The Morgan fingerprint density at radius 1 is 1.43 bits per heavy atom. The van der Waals surface area contributed by atoms with E-state index in [1.807, 2.05) is 43.5 Å². The van der Waals surface area contributed by atoms with Crippen LogP contribution in [0.2, 0.25) is 0 Å². The molecule has 2 rings (SSSR count). The molecular weight excluding hydrogens is 304 g/mol.